The third kappa shape index (κ3) is 2.69. The molecular weight excluding hydrogens is 258 g/mol. The Morgan fingerprint density at radius 3 is 2.38 bits per heavy atom. The maximum atomic E-state index is 6.45. The Hall–Kier alpha value is -2.13. The number of para-hydroxylation sites is 2. The minimum atomic E-state index is -0.0952. The Kier molecular flexibility index (Phi) is 3.76. The van der Waals surface area contributed by atoms with E-state index >= 15 is 0 Å². The summed E-state index contributed by atoms with van der Waals surface area (Å²) < 4.78 is 2.25. The van der Waals surface area contributed by atoms with Gasteiger partial charge in [-0.2, -0.15) is 0 Å². The van der Waals surface area contributed by atoms with Crippen molar-refractivity contribution in [2.45, 2.75) is 32.4 Å². The van der Waals surface area contributed by atoms with Gasteiger partial charge in [-0.1, -0.05) is 42.5 Å². The van der Waals surface area contributed by atoms with Gasteiger partial charge in [-0.25, -0.2) is 4.98 Å². The summed E-state index contributed by atoms with van der Waals surface area (Å²) in [5, 5.41) is 0. The number of hydrogen-bond donors (Lipinski definition) is 1. The fraction of sp³-hybridized carbons (Fsp3) is 0.278. The van der Waals surface area contributed by atoms with Crippen LogP contribution in [0.25, 0.3) is 11.0 Å². The fourth-order valence-electron chi connectivity index (χ4n) is 2.83. The van der Waals surface area contributed by atoms with E-state index in [-0.39, 0.29) is 6.04 Å². The zero-order valence-electron chi connectivity index (χ0n) is 12.5. The van der Waals surface area contributed by atoms with Gasteiger partial charge in [0.2, 0.25) is 0 Å². The molecule has 3 heteroatoms. The molecular formula is C18H21N3. The van der Waals surface area contributed by atoms with Crippen molar-refractivity contribution in [1.82, 2.24) is 9.55 Å². The Morgan fingerprint density at radius 2 is 1.67 bits per heavy atom. The highest BCUT2D eigenvalue weighted by atomic mass is 15.1. The maximum absolute atomic E-state index is 6.45. The van der Waals surface area contributed by atoms with E-state index < -0.39 is 0 Å². The van der Waals surface area contributed by atoms with E-state index in [2.05, 4.69) is 42.7 Å². The van der Waals surface area contributed by atoms with Crippen molar-refractivity contribution >= 4 is 11.0 Å². The average molecular weight is 279 g/mol. The minimum absolute atomic E-state index is 0.0952. The smallest absolute Gasteiger partial charge is 0.127 e. The van der Waals surface area contributed by atoms with Crippen LogP contribution in [0.5, 0.6) is 0 Å². The van der Waals surface area contributed by atoms with Crippen LogP contribution >= 0.6 is 0 Å². The summed E-state index contributed by atoms with van der Waals surface area (Å²) >= 11 is 0. The molecule has 3 rings (SSSR count). The predicted molar refractivity (Wildman–Crippen MR) is 87.2 cm³/mol. The van der Waals surface area contributed by atoms with E-state index in [1.807, 2.05) is 30.3 Å². The summed E-state index contributed by atoms with van der Waals surface area (Å²) in [5.74, 6) is 0.968. The molecule has 0 saturated carbocycles. The van der Waals surface area contributed by atoms with Crippen LogP contribution in [-0.2, 0) is 6.42 Å². The summed E-state index contributed by atoms with van der Waals surface area (Å²) in [6, 6.07) is 18.8. The van der Waals surface area contributed by atoms with Gasteiger partial charge in [0.25, 0.3) is 0 Å². The molecule has 21 heavy (non-hydrogen) atoms. The fourth-order valence-corrected chi connectivity index (χ4v) is 2.83. The second-order valence-corrected chi connectivity index (χ2v) is 5.72. The van der Waals surface area contributed by atoms with Crippen LogP contribution in [-0.4, -0.2) is 9.55 Å². The van der Waals surface area contributed by atoms with E-state index in [0.717, 1.165) is 23.3 Å². The van der Waals surface area contributed by atoms with E-state index in [1.165, 1.54) is 5.56 Å². The van der Waals surface area contributed by atoms with Crippen LogP contribution in [0, 0.1) is 0 Å². The molecule has 0 aliphatic rings. The van der Waals surface area contributed by atoms with Gasteiger partial charge in [0, 0.05) is 6.04 Å². The van der Waals surface area contributed by atoms with E-state index in [1.54, 1.807) is 0 Å². The van der Waals surface area contributed by atoms with Crippen molar-refractivity contribution in [3.63, 3.8) is 0 Å². The third-order valence-electron chi connectivity index (χ3n) is 3.77. The van der Waals surface area contributed by atoms with Crippen LogP contribution in [0.15, 0.2) is 54.6 Å². The van der Waals surface area contributed by atoms with Crippen LogP contribution in [0.3, 0.4) is 0 Å². The SMILES string of the molecule is CC(C)n1c(C(N)Cc2ccccc2)nc2ccccc21. The molecule has 0 saturated heterocycles. The predicted octanol–water partition coefficient (Wildman–Crippen LogP) is 3.86. The van der Waals surface area contributed by atoms with Crippen LogP contribution in [0.1, 0.15) is 37.3 Å². The van der Waals surface area contributed by atoms with E-state index in [0.29, 0.717) is 6.04 Å². The Bertz CT molecular complexity index is 729. The molecule has 0 amide bonds. The molecule has 2 aromatic carbocycles. The van der Waals surface area contributed by atoms with Crippen LogP contribution in [0.2, 0.25) is 0 Å². The molecule has 0 bridgehead atoms. The summed E-state index contributed by atoms with van der Waals surface area (Å²) in [5.41, 5.74) is 9.87. The van der Waals surface area contributed by atoms with Crippen molar-refractivity contribution in [2.24, 2.45) is 5.73 Å². The van der Waals surface area contributed by atoms with Gasteiger partial charge in [-0.05, 0) is 38.0 Å². The zero-order chi connectivity index (χ0) is 14.8. The van der Waals surface area contributed by atoms with Crippen LogP contribution in [0.4, 0.5) is 0 Å². The highest BCUT2D eigenvalue weighted by molar-refractivity contribution is 5.76. The lowest BCUT2D eigenvalue weighted by Crippen LogP contribution is -2.20. The minimum Gasteiger partial charge on any atom is -0.324 e. The number of aromatic nitrogens is 2. The molecule has 0 aliphatic carbocycles. The van der Waals surface area contributed by atoms with Crippen molar-refractivity contribution in [3.05, 3.63) is 66.0 Å². The summed E-state index contributed by atoms with van der Waals surface area (Å²) in [4.78, 5) is 4.77. The molecule has 0 fully saturated rings. The number of benzene rings is 2. The van der Waals surface area contributed by atoms with E-state index in [9.17, 15) is 0 Å². The lowest BCUT2D eigenvalue weighted by atomic mass is 10.1. The first-order valence-corrected chi connectivity index (χ1v) is 7.43. The summed E-state index contributed by atoms with van der Waals surface area (Å²) in [6.45, 7) is 4.35. The molecule has 1 unspecified atom stereocenters. The molecule has 0 aliphatic heterocycles. The first kappa shape index (κ1) is 13.8. The zero-order valence-corrected chi connectivity index (χ0v) is 12.5. The van der Waals surface area contributed by atoms with Gasteiger partial charge in [-0.3, -0.25) is 0 Å². The standard InChI is InChI=1S/C18H21N3/c1-13(2)21-17-11-7-6-10-16(17)20-18(21)15(19)12-14-8-4-3-5-9-14/h3-11,13,15H,12,19H2,1-2H3. The third-order valence-corrected chi connectivity index (χ3v) is 3.77. The normalized spacial score (nSPS) is 13.0. The monoisotopic (exact) mass is 279 g/mol. The average Bonchev–Trinajstić information content (AvgIpc) is 2.88. The lowest BCUT2D eigenvalue weighted by molar-refractivity contribution is 0.540. The Balaban J connectivity index is 2.01. The van der Waals surface area contributed by atoms with Crippen LogP contribution < -0.4 is 5.73 Å². The molecule has 3 aromatic rings. The first-order chi connectivity index (χ1) is 10.2. The van der Waals surface area contributed by atoms with Gasteiger partial charge in [-0.15, -0.1) is 0 Å². The molecule has 1 atom stereocenters. The Morgan fingerprint density at radius 1 is 1.00 bits per heavy atom. The molecule has 108 valence electrons. The number of nitrogens with two attached hydrogens (primary N) is 1. The van der Waals surface area contributed by atoms with Crippen molar-refractivity contribution in [3.8, 4) is 0 Å². The number of hydrogen-bond acceptors (Lipinski definition) is 2. The number of imidazole rings is 1. The molecule has 0 spiro atoms. The number of rotatable bonds is 4. The molecule has 2 N–H and O–H groups in total. The quantitative estimate of drug-likeness (QED) is 0.788. The van der Waals surface area contributed by atoms with E-state index in [4.69, 9.17) is 10.7 Å². The molecule has 0 radical (unpaired) electrons. The summed E-state index contributed by atoms with van der Waals surface area (Å²) in [6.07, 6.45) is 0.802. The second kappa shape index (κ2) is 5.70. The van der Waals surface area contributed by atoms with Crippen molar-refractivity contribution in [1.29, 1.82) is 0 Å². The first-order valence-electron chi connectivity index (χ1n) is 7.43. The maximum Gasteiger partial charge on any atom is 0.127 e. The molecule has 1 heterocycles. The highest BCUT2D eigenvalue weighted by Gasteiger charge is 2.18. The topological polar surface area (TPSA) is 43.8 Å². The Labute approximate surface area is 125 Å². The highest BCUT2D eigenvalue weighted by Crippen LogP contribution is 2.25. The lowest BCUT2D eigenvalue weighted by Gasteiger charge is -2.17. The van der Waals surface area contributed by atoms with Gasteiger partial charge in [0.05, 0.1) is 17.1 Å². The number of fused-ring (bicyclic) bond motifs is 1. The summed E-state index contributed by atoms with van der Waals surface area (Å²) in [7, 11) is 0. The van der Waals surface area contributed by atoms with Crippen molar-refractivity contribution in [2.75, 3.05) is 0 Å². The van der Waals surface area contributed by atoms with Gasteiger partial charge in [0.1, 0.15) is 5.82 Å². The van der Waals surface area contributed by atoms with Gasteiger partial charge < -0.3 is 10.3 Å². The van der Waals surface area contributed by atoms with Gasteiger partial charge in [0.15, 0.2) is 0 Å². The second-order valence-electron chi connectivity index (χ2n) is 5.72. The largest absolute Gasteiger partial charge is 0.324 e. The number of nitrogens with zero attached hydrogens (tertiary/aromatic N) is 2. The van der Waals surface area contributed by atoms with Crippen molar-refractivity contribution < 1.29 is 0 Å². The van der Waals surface area contributed by atoms with Gasteiger partial charge >= 0.3 is 0 Å². The molecule has 3 nitrogen and oxygen atoms in total. The molecule has 1 aromatic heterocycles.